The highest BCUT2D eigenvalue weighted by atomic mass is 79.9. The first-order chi connectivity index (χ1) is 11.4. The van der Waals surface area contributed by atoms with Crippen LogP contribution in [0.5, 0.6) is 0 Å². The molecule has 0 radical (unpaired) electrons. The summed E-state index contributed by atoms with van der Waals surface area (Å²) >= 11 is 4.88. The van der Waals surface area contributed by atoms with Crippen molar-refractivity contribution in [2.45, 2.75) is 25.3 Å². The van der Waals surface area contributed by atoms with E-state index in [4.69, 9.17) is 4.74 Å². The van der Waals surface area contributed by atoms with Crippen LogP contribution in [0.25, 0.3) is 0 Å². The number of carbonyl (C=O) groups excluding carboxylic acids is 1. The van der Waals surface area contributed by atoms with E-state index in [1.807, 2.05) is 12.1 Å². The molecule has 0 amide bonds. The summed E-state index contributed by atoms with van der Waals surface area (Å²) in [5, 5.41) is 0. The lowest BCUT2D eigenvalue weighted by molar-refractivity contribution is 0.0526. The fourth-order valence-corrected chi connectivity index (χ4v) is 5.11. The maximum atomic E-state index is 12.8. The van der Waals surface area contributed by atoms with Gasteiger partial charge in [0.15, 0.2) is 0 Å². The van der Waals surface area contributed by atoms with Gasteiger partial charge >= 0.3 is 5.97 Å². The van der Waals surface area contributed by atoms with Gasteiger partial charge in [0.05, 0.1) is 20.9 Å². The molecule has 0 spiro atoms. The Labute approximate surface area is 154 Å². The fourth-order valence-electron chi connectivity index (χ4n) is 2.10. The van der Waals surface area contributed by atoms with Crippen LogP contribution >= 0.6 is 27.3 Å². The molecule has 0 bridgehead atoms. The Morgan fingerprint density at radius 3 is 2.33 bits per heavy atom. The Bertz CT molecular complexity index is 800. The standard InChI is InChI=1S/C16H18BrNO4S2/c1-3-18(11-13-7-10-15(17)23-13)24(20,21)14-8-5-12(6-9-14)16(19)22-4-2/h5-10H,3-4,11H2,1-2H3. The molecule has 0 N–H and O–H groups in total. The van der Waals surface area contributed by atoms with Gasteiger partial charge in [0.2, 0.25) is 10.0 Å². The molecule has 2 rings (SSSR count). The molecule has 1 aromatic heterocycles. The van der Waals surface area contributed by atoms with E-state index in [9.17, 15) is 13.2 Å². The van der Waals surface area contributed by atoms with E-state index in [2.05, 4.69) is 15.9 Å². The fraction of sp³-hybridized carbons (Fsp3) is 0.312. The first kappa shape index (κ1) is 19.1. The first-order valence-electron chi connectivity index (χ1n) is 7.40. The monoisotopic (exact) mass is 431 g/mol. The molecule has 1 aromatic carbocycles. The molecule has 24 heavy (non-hydrogen) atoms. The van der Waals surface area contributed by atoms with Crippen molar-refractivity contribution < 1.29 is 17.9 Å². The summed E-state index contributed by atoms with van der Waals surface area (Å²) in [4.78, 5) is 12.8. The topological polar surface area (TPSA) is 63.7 Å². The van der Waals surface area contributed by atoms with Crippen LogP contribution < -0.4 is 0 Å². The van der Waals surface area contributed by atoms with Gasteiger partial charge < -0.3 is 4.74 Å². The minimum Gasteiger partial charge on any atom is -0.462 e. The van der Waals surface area contributed by atoms with Gasteiger partial charge in [0.25, 0.3) is 0 Å². The van der Waals surface area contributed by atoms with E-state index in [0.29, 0.717) is 18.7 Å². The number of sulfonamides is 1. The summed E-state index contributed by atoms with van der Waals surface area (Å²) in [6, 6.07) is 9.62. The van der Waals surface area contributed by atoms with Gasteiger partial charge in [-0.3, -0.25) is 0 Å². The van der Waals surface area contributed by atoms with Gasteiger partial charge in [-0.25, -0.2) is 13.2 Å². The van der Waals surface area contributed by atoms with E-state index in [0.717, 1.165) is 8.66 Å². The summed E-state index contributed by atoms with van der Waals surface area (Å²) in [5.41, 5.74) is 0.334. The number of thiophene rings is 1. The van der Waals surface area contributed by atoms with E-state index in [1.165, 1.54) is 39.9 Å². The van der Waals surface area contributed by atoms with Crippen LogP contribution in [0.1, 0.15) is 29.1 Å². The molecule has 0 atom stereocenters. The van der Waals surface area contributed by atoms with Crippen LogP contribution in [-0.4, -0.2) is 31.8 Å². The summed E-state index contributed by atoms with van der Waals surface area (Å²) in [7, 11) is -3.62. The molecule has 0 saturated heterocycles. The number of carbonyl (C=O) groups is 1. The zero-order valence-corrected chi connectivity index (χ0v) is 16.6. The van der Waals surface area contributed by atoms with Crippen LogP contribution in [0, 0.1) is 0 Å². The van der Waals surface area contributed by atoms with Crippen molar-refractivity contribution in [1.29, 1.82) is 0 Å². The van der Waals surface area contributed by atoms with Gasteiger partial charge in [-0.05, 0) is 59.3 Å². The molecule has 5 nitrogen and oxygen atoms in total. The van der Waals surface area contributed by atoms with Crippen molar-refractivity contribution in [3.8, 4) is 0 Å². The van der Waals surface area contributed by atoms with Gasteiger partial charge in [-0.2, -0.15) is 4.31 Å². The summed E-state index contributed by atoms with van der Waals surface area (Å²) < 4.78 is 32.8. The zero-order chi connectivity index (χ0) is 17.7. The maximum Gasteiger partial charge on any atom is 0.338 e. The molecule has 0 fully saturated rings. The molecular weight excluding hydrogens is 414 g/mol. The van der Waals surface area contributed by atoms with Gasteiger partial charge in [-0.15, -0.1) is 11.3 Å². The lowest BCUT2D eigenvalue weighted by atomic mass is 10.2. The summed E-state index contributed by atoms with van der Waals surface area (Å²) in [6.07, 6.45) is 0. The summed E-state index contributed by atoms with van der Waals surface area (Å²) in [5.74, 6) is -0.461. The van der Waals surface area contributed by atoms with Crippen molar-refractivity contribution in [2.75, 3.05) is 13.2 Å². The Morgan fingerprint density at radius 1 is 1.17 bits per heavy atom. The van der Waals surface area contributed by atoms with Crippen molar-refractivity contribution in [2.24, 2.45) is 0 Å². The Balaban J connectivity index is 2.22. The Kier molecular flexibility index (Phi) is 6.56. The number of benzene rings is 1. The molecule has 0 aliphatic rings. The number of hydrogen-bond acceptors (Lipinski definition) is 5. The molecule has 1 heterocycles. The van der Waals surface area contributed by atoms with E-state index in [-0.39, 0.29) is 11.5 Å². The number of ether oxygens (including phenoxy) is 1. The highest BCUT2D eigenvalue weighted by Gasteiger charge is 2.24. The van der Waals surface area contributed by atoms with Crippen LogP contribution in [0.15, 0.2) is 45.1 Å². The van der Waals surface area contributed by atoms with Crippen LogP contribution in [-0.2, 0) is 21.3 Å². The predicted molar refractivity (Wildman–Crippen MR) is 97.7 cm³/mol. The minimum absolute atomic E-state index is 0.160. The predicted octanol–water partition coefficient (Wildman–Crippen LogP) is 3.90. The lowest BCUT2D eigenvalue weighted by Crippen LogP contribution is -2.30. The second-order valence-corrected chi connectivity index (χ2v) is 9.37. The number of esters is 1. The number of rotatable bonds is 7. The number of hydrogen-bond donors (Lipinski definition) is 0. The van der Waals surface area contributed by atoms with E-state index < -0.39 is 16.0 Å². The van der Waals surface area contributed by atoms with Gasteiger partial charge in [-0.1, -0.05) is 6.92 Å². The molecule has 2 aromatic rings. The Morgan fingerprint density at radius 2 is 1.83 bits per heavy atom. The molecule has 130 valence electrons. The van der Waals surface area contributed by atoms with E-state index >= 15 is 0 Å². The SMILES string of the molecule is CCOC(=O)c1ccc(S(=O)(=O)N(CC)Cc2ccc(Br)s2)cc1. The molecule has 0 aliphatic heterocycles. The van der Waals surface area contributed by atoms with Crippen LogP contribution in [0.2, 0.25) is 0 Å². The molecular formula is C16H18BrNO4S2. The minimum atomic E-state index is -3.62. The normalized spacial score (nSPS) is 11.7. The van der Waals surface area contributed by atoms with Gasteiger partial charge in [0, 0.05) is 18.0 Å². The second kappa shape index (κ2) is 8.24. The highest BCUT2D eigenvalue weighted by molar-refractivity contribution is 9.11. The highest BCUT2D eigenvalue weighted by Crippen LogP contribution is 2.26. The average Bonchev–Trinajstić information content (AvgIpc) is 2.98. The third-order valence-corrected chi connectivity index (χ3v) is 6.86. The second-order valence-electron chi connectivity index (χ2n) is 4.88. The molecule has 0 saturated carbocycles. The number of nitrogens with zero attached hydrogens (tertiary/aromatic N) is 1. The van der Waals surface area contributed by atoms with E-state index in [1.54, 1.807) is 13.8 Å². The summed E-state index contributed by atoms with van der Waals surface area (Å²) in [6.45, 7) is 4.47. The Hall–Kier alpha value is -1.22. The third-order valence-electron chi connectivity index (χ3n) is 3.32. The van der Waals surface area contributed by atoms with Crippen molar-refractivity contribution in [3.05, 3.63) is 50.6 Å². The van der Waals surface area contributed by atoms with Crippen LogP contribution in [0.3, 0.4) is 0 Å². The van der Waals surface area contributed by atoms with Crippen molar-refractivity contribution >= 4 is 43.3 Å². The van der Waals surface area contributed by atoms with Crippen LogP contribution in [0.4, 0.5) is 0 Å². The smallest absolute Gasteiger partial charge is 0.338 e. The van der Waals surface area contributed by atoms with Crippen molar-refractivity contribution in [1.82, 2.24) is 4.31 Å². The third kappa shape index (κ3) is 4.44. The zero-order valence-electron chi connectivity index (χ0n) is 13.4. The maximum absolute atomic E-state index is 12.8. The van der Waals surface area contributed by atoms with Crippen molar-refractivity contribution in [3.63, 3.8) is 0 Å². The number of halogens is 1. The molecule has 8 heteroatoms. The lowest BCUT2D eigenvalue weighted by Gasteiger charge is -2.20. The van der Waals surface area contributed by atoms with Gasteiger partial charge in [0.1, 0.15) is 0 Å². The quantitative estimate of drug-likeness (QED) is 0.623. The first-order valence-corrected chi connectivity index (χ1v) is 10.4. The molecule has 0 unspecified atom stereocenters. The molecule has 0 aliphatic carbocycles. The largest absolute Gasteiger partial charge is 0.462 e. The average molecular weight is 432 g/mol.